The van der Waals surface area contributed by atoms with Gasteiger partial charge in [0.2, 0.25) is 0 Å². The molecule has 0 aliphatic rings. The first kappa shape index (κ1) is 16.3. The van der Waals surface area contributed by atoms with Gasteiger partial charge >= 0.3 is 0 Å². The first-order chi connectivity index (χ1) is 7.35. The molecule has 0 aliphatic carbocycles. The van der Waals surface area contributed by atoms with Crippen molar-refractivity contribution in [1.29, 1.82) is 0 Å². The van der Waals surface area contributed by atoms with Gasteiger partial charge in [-0.3, -0.25) is 4.90 Å². The fourth-order valence-electron chi connectivity index (χ4n) is 2.10. The summed E-state index contributed by atoms with van der Waals surface area (Å²) in [6.45, 7) is 16.4. The van der Waals surface area contributed by atoms with Gasteiger partial charge in [-0.1, -0.05) is 41.0 Å². The minimum Gasteiger partial charge on any atom is -0.289 e. The largest absolute Gasteiger partial charge is 0.289 e. The Morgan fingerprint density at radius 1 is 1.06 bits per heavy atom. The summed E-state index contributed by atoms with van der Waals surface area (Å²) in [5.41, 5.74) is 0.431. The Morgan fingerprint density at radius 2 is 1.62 bits per heavy atom. The molecule has 16 heavy (non-hydrogen) atoms. The molecule has 0 aromatic heterocycles. The van der Waals surface area contributed by atoms with E-state index in [1.807, 2.05) is 11.8 Å². The van der Waals surface area contributed by atoms with Crippen molar-refractivity contribution >= 4 is 11.8 Å². The fraction of sp³-hybridized carbons (Fsp3) is 1.00. The molecule has 0 aromatic rings. The van der Waals surface area contributed by atoms with Crippen LogP contribution < -0.4 is 0 Å². The summed E-state index contributed by atoms with van der Waals surface area (Å²) in [7, 11) is 0. The lowest BCUT2D eigenvalue weighted by atomic mass is 9.89. The quantitative estimate of drug-likeness (QED) is 0.574. The van der Waals surface area contributed by atoms with Gasteiger partial charge in [0.25, 0.3) is 0 Å². The van der Waals surface area contributed by atoms with Crippen LogP contribution in [0, 0.1) is 5.41 Å². The number of rotatable bonds is 8. The molecule has 0 radical (unpaired) electrons. The first-order valence-electron chi connectivity index (χ1n) is 6.65. The van der Waals surface area contributed by atoms with Crippen molar-refractivity contribution in [2.45, 2.75) is 65.7 Å². The van der Waals surface area contributed by atoms with E-state index in [0.717, 1.165) is 6.54 Å². The Morgan fingerprint density at radius 3 is 1.94 bits per heavy atom. The van der Waals surface area contributed by atoms with Crippen LogP contribution >= 0.6 is 11.8 Å². The lowest BCUT2D eigenvalue weighted by molar-refractivity contribution is 0.115. The molecular formula is C14H31NS. The van der Waals surface area contributed by atoms with Gasteiger partial charge in [-0.05, 0) is 38.0 Å². The van der Waals surface area contributed by atoms with Crippen LogP contribution in [-0.2, 0) is 0 Å². The van der Waals surface area contributed by atoms with Crippen molar-refractivity contribution < 1.29 is 0 Å². The van der Waals surface area contributed by atoms with Gasteiger partial charge in [-0.2, -0.15) is 0 Å². The Hall–Kier alpha value is 0.310. The third-order valence-corrected chi connectivity index (χ3v) is 5.12. The summed E-state index contributed by atoms with van der Waals surface area (Å²) in [5.74, 6) is 0. The molecule has 0 saturated heterocycles. The highest BCUT2D eigenvalue weighted by Crippen LogP contribution is 2.35. The van der Waals surface area contributed by atoms with E-state index >= 15 is 0 Å². The molecular weight excluding hydrogens is 214 g/mol. The molecule has 0 N–H and O–H groups in total. The molecule has 0 heterocycles. The minimum atomic E-state index is 0.315. The van der Waals surface area contributed by atoms with Gasteiger partial charge in [0.1, 0.15) is 0 Å². The summed E-state index contributed by atoms with van der Waals surface area (Å²) in [6, 6.07) is 0. The maximum Gasteiger partial charge on any atom is 0.0638 e. The maximum atomic E-state index is 2.66. The Kier molecular flexibility index (Phi) is 7.04. The zero-order chi connectivity index (χ0) is 12.8. The number of hydrogen-bond acceptors (Lipinski definition) is 2. The van der Waals surface area contributed by atoms with Gasteiger partial charge in [0, 0.05) is 6.54 Å². The molecule has 0 spiro atoms. The average Bonchev–Trinajstić information content (AvgIpc) is 2.26. The first-order valence-corrected chi connectivity index (χ1v) is 7.88. The summed E-state index contributed by atoms with van der Waals surface area (Å²) in [5, 5.41) is 0. The normalized spacial score (nSPS) is 16.5. The van der Waals surface area contributed by atoms with Crippen molar-refractivity contribution in [3.63, 3.8) is 0 Å². The van der Waals surface area contributed by atoms with E-state index in [1.54, 1.807) is 0 Å². The van der Waals surface area contributed by atoms with E-state index in [0.29, 0.717) is 10.3 Å². The second kappa shape index (κ2) is 6.90. The summed E-state index contributed by atoms with van der Waals surface area (Å²) < 4.78 is 0. The highest BCUT2D eigenvalue weighted by molar-refractivity contribution is 7.99. The molecule has 0 rings (SSSR count). The van der Waals surface area contributed by atoms with E-state index in [2.05, 4.69) is 52.7 Å². The predicted molar refractivity (Wildman–Crippen MR) is 78.1 cm³/mol. The SMILES string of the molecule is CCCC(C)(SC)N(CC)CC(C)(C)CC. The predicted octanol–water partition coefficient (Wildman–Crippen LogP) is 4.62. The Bertz CT molecular complexity index is 191. The number of nitrogens with zero attached hydrogens (tertiary/aromatic N) is 1. The van der Waals surface area contributed by atoms with E-state index in [4.69, 9.17) is 0 Å². The van der Waals surface area contributed by atoms with Gasteiger partial charge < -0.3 is 0 Å². The topological polar surface area (TPSA) is 3.24 Å². The molecule has 1 unspecified atom stereocenters. The molecule has 0 bridgehead atoms. The Labute approximate surface area is 107 Å². The smallest absolute Gasteiger partial charge is 0.0638 e. The average molecular weight is 245 g/mol. The van der Waals surface area contributed by atoms with Gasteiger partial charge in [0.15, 0.2) is 0 Å². The van der Waals surface area contributed by atoms with Crippen LogP contribution in [0.25, 0.3) is 0 Å². The van der Waals surface area contributed by atoms with Crippen molar-refractivity contribution in [3.8, 4) is 0 Å². The fourth-order valence-corrected chi connectivity index (χ4v) is 2.96. The molecule has 98 valence electrons. The monoisotopic (exact) mass is 245 g/mol. The maximum absolute atomic E-state index is 2.66. The molecule has 0 fully saturated rings. The standard InChI is InChI=1S/C14H31NS/c1-8-11-14(6,16-7)15(10-3)12-13(4,5)9-2/h8-12H2,1-7H3. The second-order valence-electron chi connectivity index (χ2n) is 5.66. The lowest BCUT2D eigenvalue weighted by Crippen LogP contribution is -2.47. The molecule has 0 saturated carbocycles. The lowest BCUT2D eigenvalue weighted by Gasteiger charge is -2.43. The molecule has 0 aliphatic heterocycles. The second-order valence-corrected chi connectivity index (χ2v) is 6.95. The number of thioether (sulfide) groups is 1. The highest BCUT2D eigenvalue weighted by Gasteiger charge is 2.32. The molecule has 0 amide bonds. The molecule has 1 nitrogen and oxygen atoms in total. The minimum absolute atomic E-state index is 0.315. The summed E-state index contributed by atoms with van der Waals surface area (Å²) in [6.07, 6.45) is 6.04. The molecule has 0 aromatic carbocycles. The van der Waals surface area contributed by atoms with Crippen LogP contribution in [-0.4, -0.2) is 29.1 Å². The van der Waals surface area contributed by atoms with Gasteiger partial charge in [-0.25, -0.2) is 0 Å². The van der Waals surface area contributed by atoms with E-state index < -0.39 is 0 Å². The third kappa shape index (κ3) is 4.67. The van der Waals surface area contributed by atoms with Crippen molar-refractivity contribution in [3.05, 3.63) is 0 Å². The van der Waals surface area contributed by atoms with Crippen LogP contribution in [0.1, 0.15) is 60.8 Å². The van der Waals surface area contributed by atoms with Crippen LogP contribution in [0.5, 0.6) is 0 Å². The van der Waals surface area contributed by atoms with Gasteiger partial charge in [0.05, 0.1) is 4.87 Å². The molecule has 1 atom stereocenters. The van der Waals surface area contributed by atoms with Gasteiger partial charge in [-0.15, -0.1) is 11.8 Å². The zero-order valence-electron chi connectivity index (χ0n) is 12.4. The summed E-state index contributed by atoms with van der Waals surface area (Å²) >= 11 is 2.01. The molecule has 2 heteroatoms. The van der Waals surface area contributed by atoms with Crippen molar-refractivity contribution in [2.75, 3.05) is 19.3 Å². The van der Waals surface area contributed by atoms with Crippen molar-refractivity contribution in [2.24, 2.45) is 5.41 Å². The van der Waals surface area contributed by atoms with Crippen LogP contribution in [0.2, 0.25) is 0 Å². The highest BCUT2D eigenvalue weighted by atomic mass is 32.2. The third-order valence-electron chi connectivity index (χ3n) is 3.78. The number of hydrogen-bond donors (Lipinski definition) is 0. The Balaban J connectivity index is 4.68. The van der Waals surface area contributed by atoms with E-state index in [1.165, 1.54) is 25.8 Å². The van der Waals surface area contributed by atoms with E-state index in [-0.39, 0.29) is 0 Å². The van der Waals surface area contributed by atoms with Crippen LogP contribution in [0.3, 0.4) is 0 Å². The summed E-state index contributed by atoms with van der Waals surface area (Å²) in [4.78, 5) is 2.97. The van der Waals surface area contributed by atoms with Crippen molar-refractivity contribution in [1.82, 2.24) is 4.90 Å². The van der Waals surface area contributed by atoms with Crippen LogP contribution in [0.4, 0.5) is 0 Å². The van der Waals surface area contributed by atoms with Crippen LogP contribution in [0.15, 0.2) is 0 Å². The zero-order valence-corrected chi connectivity index (χ0v) is 13.2. The van der Waals surface area contributed by atoms with E-state index in [9.17, 15) is 0 Å².